The van der Waals surface area contributed by atoms with Gasteiger partial charge in [-0.2, -0.15) is 8.78 Å². The van der Waals surface area contributed by atoms with Crippen LogP contribution in [0.1, 0.15) is 0 Å². The second-order valence-corrected chi connectivity index (χ2v) is 4.40. The number of hydrogen-bond donors (Lipinski definition) is 0. The van der Waals surface area contributed by atoms with Gasteiger partial charge in [-0.15, -0.1) is 0 Å². The van der Waals surface area contributed by atoms with Crippen LogP contribution in [0.25, 0.3) is 0 Å². The van der Waals surface area contributed by atoms with E-state index in [9.17, 15) is 17.2 Å². The number of rotatable bonds is 3. The zero-order valence-corrected chi connectivity index (χ0v) is 8.09. The minimum absolute atomic E-state index is 0.409. The summed E-state index contributed by atoms with van der Waals surface area (Å²) in [6, 6.07) is 4.80. The van der Waals surface area contributed by atoms with Gasteiger partial charge in [0.2, 0.25) is 9.84 Å². The maximum atomic E-state index is 12.1. The molecule has 3 nitrogen and oxygen atoms in total. The van der Waals surface area contributed by atoms with Gasteiger partial charge in [0.15, 0.2) is 0 Å². The first kappa shape index (κ1) is 10.9. The topological polar surface area (TPSA) is 43.4 Å². The van der Waals surface area contributed by atoms with E-state index in [1.807, 2.05) is 0 Å². The van der Waals surface area contributed by atoms with Crippen molar-refractivity contribution in [3.63, 3.8) is 0 Å². The Morgan fingerprint density at radius 1 is 1.21 bits per heavy atom. The molecule has 0 aliphatic carbocycles. The van der Waals surface area contributed by atoms with Crippen molar-refractivity contribution in [1.29, 1.82) is 0 Å². The molecule has 0 radical (unpaired) electrons. The van der Waals surface area contributed by atoms with Crippen LogP contribution in [0.2, 0.25) is 0 Å². The Morgan fingerprint density at radius 2 is 1.71 bits per heavy atom. The predicted molar refractivity (Wildman–Crippen MR) is 46.2 cm³/mol. The predicted octanol–water partition coefficient (Wildman–Crippen LogP) is 1.69. The summed E-state index contributed by atoms with van der Waals surface area (Å²) in [6.45, 7) is 0. The van der Waals surface area contributed by atoms with E-state index in [4.69, 9.17) is 4.74 Å². The number of hydrogen-bond acceptors (Lipinski definition) is 3. The van der Waals surface area contributed by atoms with Crippen molar-refractivity contribution in [3.8, 4) is 5.75 Å². The molecule has 1 aromatic carbocycles. The van der Waals surface area contributed by atoms with E-state index in [1.165, 1.54) is 19.2 Å². The van der Waals surface area contributed by atoms with Crippen molar-refractivity contribution < 1.29 is 21.9 Å². The molecule has 0 aliphatic rings. The van der Waals surface area contributed by atoms with Crippen molar-refractivity contribution in [1.82, 2.24) is 0 Å². The summed E-state index contributed by atoms with van der Waals surface area (Å²) < 4.78 is 50.8. The quantitative estimate of drug-likeness (QED) is 0.781. The van der Waals surface area contributed by atoms with Gasteiger partial charge in [-0.3, -0.25) is 0 Å². The first-order chi connectivity index (χ1) is 6.48. The molecule has 0 amide bonds. The highest BCUT2D eigenvalue weighted by atomic mass is 32.2. The fourth-order valence-electron chi connectivity index (χ4n) is 0.868. The molecule has 0 saturated carbocycles. The van der Waals surface area contributed by atoms with Gasteiger partial charge < -0.3 is 4.74 Å². The molecule has 0 aromatic heterocycles. The zero-order valence-electron chi connectivity index (χ0n) is 7.28. The summed E-state index contributed by atoms with van der Waals surface area (Å²) in [4.78, 5) is -0.409. The first-order valence-electron chi connectivity index (χ1n) is 3.64. The zero-order chi connectivity index (χ0) is 10.8. The second-order valence-electron chi connectivity index (χ2n) is 2.48. The third-order valence-corrected chi connectivity index (χ3v) is 3.02. The molecular weight excluding hydrogens is 214 g/mol. The Kier molecular flexibility index (Phi) is 3.05. The molecule has 0 spiro atoms. The lowest BCUT2D eigenvalue weighted by atomic mass is 10.3. The van der Waals surface area contributed by atoms with Gasteiger partial charge in [-0.25, -0.2) is 8.42 Å². The van der Waals surface area contributed by atoms with Crippen LogP contribution in [0, 0.1) is 0 Å². The SMILES string of the molecule is COc1ccc(S(=O)(=O)C(F)F)cc1. The van der Waals surface area contributed by atoms with E-state index in [2.05, 4.69) is 0 Å². The number of ether oxygens (including phenoxy) is 1. The molecule has 78 valence electrons. The lowest BCUT2D eigenvalue weighted by Crippen LogP contribution is -2.11. The highest BCUT2D eigenvalue weighted by Crippen LogP contribution is 2.20. The molecule has 0 saturated heterocycles. The van der Waals surface area contributed by atoms with E-state index in [-0.39, 0.29) is 0 Å². The summed E-state index contributed by atoms with van der Waals surface area (Å²) in [5.41, 5.74) is 0. The third kappa shape index (κ3) is 2.01. The molecular formula is C8H8F2O3S. The van der Waals surface area contributed by atoms with Crippen LogP contribution in [0.4, 0.5) is 8.78 Å². The summed E-state index contributed by atoms with van der Waals surface area (Å²) in [5, 5.41) is 0. The maximum Gasteiger partial charge on any atom is 0.341 e. The lowest BCUT2D eigenvalue weighted by Gasteiger charge is -2.03. The molecule has 6 heteroatoms. The van der Waals surface area contributed by atoms with Gasteiger partial charge in [0, 0.05) is 0 Å². The van der Waals surface area contributed by atoms with Gasteiger partial charge in [0.05, 0.1) is 12.0 Å². The molecule has 0 fully saturated rings. The molecule has 0 bridgehead atoms. The number of alkyl halides is 2. The van der Waals surface area contributed by atoms with E-state index in [1.54, 1.807) is 0 Å². The highest BCUT2D eigenvalue weighted by Gasteiger charge is 2.26. The lowest BCUT2D eigenvalue weighted by molar-refractivity contribution is 0.234. The van der Waals surface area contributed by atoms with Gasteiger partial charge in [-0.1, -0.05) is 0 Å². The average Bonchev–Trinajstić information content (AvgIpc) is 2.17. The van der Waals surface area contributed by atoms with Crippen molar-refractivity contribution in [3.05, 3.63) is 24.3 Å². The molecule has 0 heterocycles. The largest absolute Gasteiger partial charge is 0.497 e. The number of benzene rings is 1. The van der Waals surface area contributed by atoms with Crippen molar-refractivity contribution >= 4 is 9.84 Å². The molecule has 0 atom stereocenters. The first-order valence-corrected chi connectivity index (χ1v) is 5.19. The normalized spacial score (nSPS) is 11.7. The van der Waals surface area contributed by atoms with Gasteiger partial charge in [0.25, 0.3) is 0 Å². The summed E-state index contributed by atoms with van der Waals surface area (Å²) in [6.07, 6.45) is 0. The molecule has 0 unspecified atom stereocenters. The number of halogens is 2. The monoisotopic (exact) mass is 222 g/mol. The van der Waals surface area contributed by atoms with E-state index in [0.29, 0.717) is 5.75 Å². The number of methoxy groups -OCH3 is 1. The second kappa shape index (κ2) is 3.91. The molecule has 0 aliphatic heterocycles. The van der Waals surface area contributed by atoms with Gasteiger partial charge in [-0.05, 0) is 24.3 Å². The summed E-state index contributed by atoms with van der Waals surface area (Å²) in [5.74, 6) is -2.98. The van der Waals surface area contributed by atoms with Crippen LogP contribution in [-0.2, 0) is 9.84 Å². The van der Waals surface area contributed by atoms with Gasteiger partial charge in [0.1, 0.15) is 5.75 Å². The van der Waals surface area contributed by atoms with Crippen LogP contribution < -0.4 is 4.74 Å². The molecule has 1 aromatic rings. The van der Waals surface area contributed by atoms with E-state index < -0.39 is 20.5 Å². The van der Waals surface area contributed by atoms with Crippen molar-refractivity contribution in [2.75, 3.05) is 7.11 Å². The van der Waals surface area contributed by atoms with E-state index >= 15 is 0 Å². The fourth-order valence-corrected chi connectivity index (χ4v) is 1.59. The van der Waals surface area contributed by atoms with Crippen molar-refractivity contribution in [2.24, 2.45) is 0 Å². The Hall–Kier alpha value is -1.17. The standard InChI is InChI=1S/C8H8F2O3S/c1-13-6-2-4-7(5-3-6)14(11,12)8(9)10/h2-5,8H,1H3. The van der Waals surface area contributed by atoms with Crippen LogP contribution in [0.15, 0.2) is 29.2 Å². The van der Waals surface area contributed by atoms with Crippen LogP contribution in [-0.4, -0.2) is 21.3 Å². The van der Waals surface area contributed by atoms with Crippen LogP contribution >= 0.6 is 0 Å². The Bertz CT molecular complexity index is 397. The van der Waals surface area contributed by atoms with Gasteiger partial charge >= 0.3 is 5.76 Å². The molecule has 14 heavy (non-hydrogen) atoms. The molecule has 0 N–H and O–H groups in total. The number of sulfone groups is 1. The highest BCUT2D eigenvalue weighted by molar-refractivity contribution is 7.91. The van der Waals surface area contributed by atoms with E-state index in [0.717, 1.165) is 12.1 Å². The van der Waals surface area contributed by atoms with Crippen LogP contribution in [0.5, 0.6) is 5.75 Å². The Balaban J connectivity index is 3.10. The summed E-state index contributed by atoms with van der Waals surface area (Å²) in [7, 11) is -3.09. The Morgan fingerprint density at radius 3 is 2.07 bits per heavy atom. The van der Waals surface area contributed by atoms with Crippen LogP contribution in [0.3, 0.4) is 0 Å². The smallest absolute Gasteiger partial charge is 0.341 e. The fraction of sp³-hybridized carbons (Fsp3) is 0.250. The minimum atomic E-state index is -4.49. The Labute approximate surface area is 80.2 Å². The third-order valence-electron chi connectivity index (χ3n) is 1.62. The van der Waals surface area contributed by atoms with Crippen molar-refractivity contribution in [2.45, 2.75) is 10.7 Å². The average molecular weight is 222 g/mol. The summed E-state index contributed by atoms with van der Waals surface area (Å²) >= 11 is 0. The maximum absolute atomic E-state index is 12.1. The molecule has 1 rings (SSSR count). The minimum Gasteiger partial charge on any atom is -0.497 e.